The molecule has 7 heteroatoms. The van der Waals surface area contributed by atoms with Crippen molar-refractivity contribution >= 4 is 5.91 Å². The van der Waals surface area contributed by atoms with Gasteiger partial charge in [0.1, 0.15) is 12.0 Å². The lowest BCUT2D eigenvalue weighted by molar-refractivity contribution is 0.0787. The quantitative estimate of drug-likeness (QED) is 0.789. The Kier molecular flexibility index (Phi) is 3.26. The molecular formula is C16H21N5O2. The van der Waals surface area contributed by atoms with E-state index in [0.717, 1.165) is 35.6 Å². The summed E-state index contributed by atoms with van der Waals surface area (Å²) in [5.74, 6) is 0.146. The minimum absolute atomic E-state index is 0.0488. The Morgan fingerprint density at radius 2 is 2.13 bits per heavy atom. The molecule has 2 atom stereocenters. The van der Waals surface area contributed by atoms with Crippen molar-refractivity contribution in [2.75, 3.05) is 20.6 Å². The highest BCUT2D eigenvalue weighted by Crippen LogP contribution is 2.30. The molecule has 0 radical (unpaired) electrons. The SMILES string of the molecule is C[C@@H]1Cc2nn3c(c2CN1C)C(=O)N(C)C[C@H](c1ccon1)C3. The summed E-state index contributed by atoms with van der Waals surface area (Å²) in [7, 11) is 3.94. The number of hydrogen-bond donors (Lipinski definition) is 0. The molecule has 0 saturated carbocycles. The van der Waals surface area contributed by atoms with E-state index in [1.54, 1.807) is 11.2 Å². The average molecular weight is 315 g/mol. The van der Waals surface area contributed by atoms with Crippen LogP contribution in [0.5, 0.6) is 0 Å². The molecule has 0 N–H and O–H groups in total. The fourth-order valence-corrected chi connectivity index (χ4v) is 3.57. The molecule has 2 aliphatic heterocycles. The first-order chi connectivity index (χ1) is 11.0. The van der Waals surface area contributed by atoms with Gasteiger partial charge in [-0.3, -0.25) is 14.4 Å². The Labute approximate surface area is 134 Å². The number of carbonyl (C=O) groups is 1. The third kappa shape index (κ3) is 2.26. The summed E-state index contributed by atoms with van der Waals surface area (Å²) >= 11 is 0. The van der Waals surface area contributed by atoms with E-state index < -0.39 is 0 Å². The first kappa shape index (κ1) is 14.4. The summed E-state index contributed by atoms with van der Waals surface area (Å²) in [5, 5.41) is 8.82. The molecule has 0 fully saturated rings. The number of carbonyl (C=O) groups excluding carboxylic acids is 1. The van der Waals surface area contributed by atoms with Crippen molar-refractivity contribution in [2.24, 2.45) is 0 Å². The van der Waals surface area contributed by atoms with E-state index in [2.05, 4.69) is 24.0 Å². The normalized spacial score (nSPS) is 25.2. The highest BCUT2D eigenvalue weighted by Gasteiger charge is 2.35. The molecule has 1 amide bonds. The number of rotatable bonds is 1. The Bertz CT molecular complexity index is 736. The largest absolute Gasteiger partial charge is 0.364 e. The second-order valence-electron chi connectivity index (χ2n) is 6.73. The maximum absolute atomic E-state index is 12.9. The molecular weight excluding hydrogens is 294 g/mol. The van der Waals surface area contributed by atoms with Gasteiger partial charge in [0, 0.05) is 50.1 Å². The molecule has 23 heavy (non-hydrogen) atoms. The number of amides is 1. The zero-order chi connectivity index (χ0) is 16.1. The van der Waals surface area contributed by atoms with Gasteiger partial charge in [-0.2, -0.15) is 5.10 Å². The molecule has 2 aromatic heterocycles. The minimum atomic E-state index is 0.0488. The molecule has 2 aliphatic rings. The van der Waals surface area contributed by atoms with Gasteiger partial charge in [0.2, 0.25) is 0 Å². The second kappa shape index (κ2) is 5.19. The van der Waals surface area contributed by atoms with E-state index in [1.807, 2.05) is 17.8 Å². The van der Waals surface area contributed by atoms with Gasteiger partial charge < -0.3 is 9.42 Å². The Morgan fingerprint density at radius 3 is 2.87 bits per heavy atom. The molecule has 0 spiro atoms. The number of nitrogens with zero attached hydrogens (tertiary/aromatic N) is 5. The van der Waals surface area contributed by atoms with Gasteiger partial charge in [0.25, 0.3) is 5.91 Å². The maximum atomic E-state index is 12.9. The van der Waals surface area contributed by atoms with Crippen molar-refractivity contribution in [3.8, 4) is 0 Å². The predicted molar refractivity (Wildman–Crippen MR) is 83.1 cm³/mol. The molecule has 4 rings (SSSR count). The Hall–Kier alpha value is -2.15. The third-order valence-electron chi connectivity index (χ3n) is 5.10. The number of aromatic nitrogens is 3. The lowest BCUT2D eigenvalue weighted by Crippen LogP contribution is -2.36. The molecule has 0 unspecified atom stereocenters. The van der Waals surface area contributed by atoms with E-state index in [1.165, 1.54) is 0 Å². The molecule has 0 aliphatic carbocycles. The average Bonchev–Trinajstić information content (AvgIpc) is 3.12. The van der Waals surface area contributed by atoms with Gasteiger partial charge >= 0.3 is 0 Å². The summed E-state index contributed by atoms with van der Waals surface area (Å²) < 4.78 is 6.87. The fourth-order valence-electron chi connectivity index (χ4n) is 3.57. The Morgan fingerprint density at radius 1 is 1.30 bits per heavy atom. The molecule has 0 saturated heterocycles. The van der Waals surface area contributed by atoms with Gasteiger partial charge in [-0.05, 0) is 14.0 Å². The summed E-state index contributed by atoms with van der Waals surface area (Å²) in [4.78, 5) is 16.9. The van der Waals surface area contributed by atoms with Gasteiger partial charge in [0.05, 0.1) is 17.9 Å². The highest BCUT2D eigenvalue weighted by molar-refractivity contribution is 5.94. The zero-order valence-electron chi connectivity index (χ0n) is 13.7. The number of hydrogen-bond acceptors (Lipinski definition) is 5. The predicted octanol–water partition coefficient (Wildman–Crippen LogP) is 1.12. The van der Waals surface area contributed by atoms with Gasteiger partial charge in [-0.25, -0.2) is 0 Å². The number of likely N-dealkylation sites (N-methyl/N-ethyl adjacent to an activating group) is 2. The van der Waals surface area contributed by atoms with Crippen LogP contribution in [0.1, 0.15) is 40.3 Å². The van der Waals surface area contributed by atoms with Crippen LogP contribution in [0.2, 0.25) is 0 Å². The van der Waals surface area contributed by atoms with Crippen LogP contribution in [0.3, 0.4) is 0 Å². The lowest BCUT2D eigenvalue weighted by Gasteiger charge is -2.29. The molecule has 0 aromatic carbocycles. The summed E-state index contributed by atoms with van der Waals surface area (Å²) in [6.07, 6.45) is 2.46. The van der Waals surface area contributed by atoms with Gasteiger partial charge in [0.15, 0.2) is 0 Å². The van der Waals surface area contributed by atoms with Gasteiger partial charge in [-0.15, -0.1) is 0 Å². The summed E-state index contributed by atoms with van der Waals surface area (Å²) in [6.45, 7) is 4.25. The standard InChI is InChI=1S/C16H21N5O2/c1-10-6-14-12(9-19(10)2)15-16(22)20(3)7-11(8-21(15)17-14)13-4-5-23-18-13/h4-5,10-11H,6-9H2,1-3H3/t10-,11+/m1/s1. The van der Waals surface area contributed by atoms with Crippen LogP contribution >= 0.6 is 0 Å². The second-order valence-corrected chi connectivity index (χ2v) is 6.73. The van der Waals surface area contributed by atoms with E-state index in [-0.39, 0.29) is 11.8 Å². The van der Waals surface area contributed by atoms with Crippen molar-refractivity contribution in [1.29, 1.82) is 0 Å². The molecule has 4 heterocycles. The van der Waals surface area contributed by atoms with Crippen LogP contribution in [0.4, 0.5) is 0 Å². The summed E-state index contributed by atoms with van der Waals surface area (Å²) in [5.41, 5.74) is 3.76. The maximum Gasteiger partial charge on any atom is 0.272 e. The Balaban J connectivity index is 1.78. The monoisotopic (exact) mass is 315 g/mol. The molecule has 7 nitrogen and oxygen atoms in total. The smallest absolute Gasteiger partial charge is 0.272 e. The van der Waals surface area contributed by atoms with E-state index in [0.29, 0.717) is 19.1 Å². The number of fused-ring (bicyclic) bond motifs is 3. The van der Waals surface area contributed by atoms with Gasteiger partial charge in [-0.1, -0.05) is 5.16 Å². The molecule has 2 aromatic rings. The van der Waals surface area contributed by atoms with Crippen LogP contribution in [0.25, 0.3) is 0 Å². The van der Waals surface area contributed by atoms with Crippen molar-refractivity contribution in [2.45, 2.75) is 38.4 Å². The van der Waals surface area contributed by atoms with E-state index in [9.17, 15) is 4.79 Å². The van der Waals surface area contributed by atoms with Crippen molar-refractivity contribution in [1.82, 2.24) is 24.7 Å². The first-order valence-corrected chi connectivity index (χ1v) is 7.99. The topological polar surface area (TPSA) is 67.4 Å². The van der Waals surface area contributed by atoms with Crippen LogP contribution < -0.4 is 0 Å². The molecule has 122 valence electrons. The molecule has 0 bridgehead atoms. The van der Waals surface area contributed by atoms with E-state index >= 15 is 0 Å². The highest BCUT2D eigenvalue weighted by atomic mass is 16.5. The van der Waals surface area contributed by atoms with Crippen LogP contribution in [-0.4, -0.2) is 57.3 Å². The van der Waals surface area contributed by atoms with Crippen molar-refractivity contribution < 1.29 is 9.32 Å². The lowest BCUT2D eigenvalue weighted by atomic mass is 10.00. The zero-order valence-corrected chi connectivity index (χ0v) is 13.7. The van der Waals surface area contributed by atoms with Crippen molar-refractivity contribution in [3.05, 3.63) is 35.0 Å². The van der Waals surface area contributed by atoms with Crippen LogP contribution in [0.15, 0.2) is 16.9 Å². The van der Waals surface area contributed by atoms with Crippen molar-refractivity contribution in [3.63, 3.8) is 0 Å². The van der Waals surface area contributed by atoms with Crippen LogP contribution in [0, 0.1) is 0 Å². The first-order valence-electron chi connectivity index (χ1n) is 7.99. The minimum Gasteiger partial charge on any atom is -0.364 e. The van der Waals surface area contributed by atoms with Crippen LogP contribution in [-0.2, 0) is 19.5 Å². The summed E-state index contributed by atoms with van der Waals surface area (Å²) in [6, 6.07) is 2.31. The van der Waals surface area contributed by atoms with E-state index in [4.69, 9.17) is 9.62 Å². The fraction of sp³-hybridized carbons (Fsp3) is 0.562. The third-order valence-corrected chi connectivity index (χ3v) is 5.10.